The Hall–Kier alpha value is -0.830. The number of rotatable bonds is 5. The second-order valence-electron chi connectivity index (χ2n) is 7.72. The summed E-state index contributed by atoms with van der Waals surface area (Å²) >= 11 is 0. The molecule has 1 aromatic heterocycles. The normalized spacial score (nSPS) is 26.1. The van der Waals surface area contributed by atoms with E-state index < -0.39 is 0 Å². The molecule has 0 amide bonds. The average molecular weight is 277 g/mol. The molecule has 1 saturated carbocycles. The molecule has 1 aromatic rings. The van der Waals surface area contributed by atoms with Crippen LogP contribution in [0.25, 0.3) is 0 Å². The van der Waals surface area contributed by atoms with Gasteiger partial charge in [0, 0.05) is 19.3 Å². The third-order valence-electron chi connectivity index (χ3n) is 4.72. The minimum absolute atomic E-state index is 0.501. The smallest absolute Gasteiger partial charge is 0.0521 e. The Morgan fingerprint density at radius 3 is 2.75 bits per heavy atom. The topological polar surface area (TPSA) is 29.9 Å². The largest absolute Gasteiger partial charge is 0.314 e. The van der Waals surface area contributed by atoms with E-state index in [2.05, 4.69) is 44.3 Å². The highest BCUT2D eigenvalue weighted by atomic mass is 15.2. The molecule has 1 heterocycles. The Balaban J connectivity index is 2.01. The molecular weight excluding hydrogens is 246 g/mol. The van der Waals surface area contributed by atoms with E-state index in [4.69, 9.17) is 0 Å². The maximum absolute atomic E-state index is 4.32. The van der Waals surface area contributed by atoms with Crippen LogP contribution in [0.2, 0.25) is 0 Å². The molecule has 2 rings (SSSR count). The van der Waals surface area contributed by atoms with Gasteiger partial charge in [0.2, 0.25) is 0 Å². The fourth-order valence-corrected chi connectivity index (χ4v) is 3.57. The van der Waals surface area contributed by atoms with Crippen molar-refractivity contribution in [1.29, 1.82) is 0 Å². The van der Waals surface area contributed by atoms with Crippen molar-refractivity contribution in [2.45, 2.75) is 59.4 Å². The van der Waals surface area contributed by atoms with Crippen molar-refractivity contribution in [3.63, 3.8) is 0 Å². The van der Waals surface area contributed by atoms with Gasteiger partial charge in [0.15, 0.2) is 0 Å². The maximum Gasteiger partial charge on any atom is 0.0521 e. The fourth-order valence-electron chi connectivity index (χ4n) is 3.57. The summed E-state index contributed by atoms with van der Waals surface area (Å²) < 4.78 is 1.92. The average Bonchev–Trinajstić information content (AvgIpc) is 2.72. The zero-order valence-corrected chi connectivity index (χ0v) is 13.8. The highest BCUT2D eigenvalue weighted by molar-refractivity contribution is 5.06. The summed E-state index contributed by atoms with van der Waals surface area (Å²) in [4.78, 5) is 0. The summed E-state index contributed by atoms with van der Waals surface area (Å²) in [7, 11) is 2.01. The van der Waals surface area contributed by atoms with E-state index in [1.807, 2.05) is 17.9 Å². The second kappa shape index (κ2) is 6.30. The highest BCUT2D eigenvalue weighted by Gasteiger charge is 2.34. The number of aryl methyl sites for hydroxylation is 1. The Labute approximate surface area is 124 Å². The summed E-state index contributed by atoms with van der Waals surface area (Å²) in [5.74, 6) is 1.60. The molecule has 0 aromatic carbocycles. The molecule has 0 saturated heterocycles. The molecule has 2 atom stereocenters. The molecule has 1 fully saturated rings. The van der Waals surface area contributed by atoms with Crippen LogP contribution in [0.15, 0.2) is 12.4 Å². The Bertz CT molecular complexity index is 418. The standard InChI is InChI=1S/C17H31N3/c1-13(2)18-11-15-6-7-17(3,4)9-16(15)8-14-10-19-20(5)12-14/h10,12-13,15-16,18H,6-9,11H2,1-5H3. The molecule has 114 valence electrons. The SMILES string of the molecule is CC(C)NCC1CCC(C)(C)CC1Cc1cnn(C)c1. The number of aromatic nitrogens is 2. The minimum atomic E-state index is 0.501. The number of nitrogens with zero attached hydrogens (tertiary/aromatic N) is 2. The first-order valence-corrected chi connectivity index (χ1v) is 8.06. The van der Waals surface area contributed by atoms with Gasteiger partial charge in [0.25, 0.3) is 0 Å². The van der Waals surface area contributed by atoms with Crippen molar-refractivity contribution in [1.82, 2.24) is 15.1 Å². The lowest BCUT2D eigenvalue weighted by Crippen LogP contribution is -2.38. The molecule has 2 unspecified atom stereocenters. The zero-order chi connectivity index (χ0) is 14.8. The molecule has 3 nitrogen and oxygen atoms in total. The lowest BCUT2D eigenvalue weighted by molar-refractivity contribution is 0.114. The zero-order valence-electron chi connectivity index (χ0n) is 13.8. The highest BCUT2D eigenvalue weighted by Crippen LogP contribution is 2.42. The van der Waals surface area contributed by atoms with Crippen LogP contribution < -0.4 is 5.32 Å². The van der Waals surface area contributed by atoms with Gasteiger partial charge < -0.3 is 5.32 Å². The van der Waals surface area contributed by atoms with E-state index >= 15 is 0 Å². The molecule has 0 spiro atoms. The van der Waals surface area contributed by atoms with Crippen LogP contribution in [-0.4, -0.2) is 22.4 Å². The minimum Gasteiger partial charge on any atom is -0.314 e. The van der Waals surface area contributed by atoms with E-state index in [9.17, 15) is 0 Å². The van der Waals surface area contributed by atoms with Crippen molar-refractivity contribution < 1.29 is 0 Å². The molecule has 1 aliphatic carbocycles. The van der Waals surface area contributed by atoms with Crippen molar-refractivity contribution >= 4 is 0 Å². The van der Waals surface area contributed by atoms with Gasteiger partial charge in [-0.25, -0.2) is 0 Å². The lowest BCUT2D eigenvalue weighted by Gasteiger charge is -2.41. The van der Waals surface area contributed by atoms with Crippen LogP contribution in [0.1, 0.15) is 52.5 Å². The Morgan fingerprint density at radius 2 is 2.15 bits per heavy atom. The van der Waals surface area contributed by atoms with Crippen LogP contribution in [-0.2, 0) is 13.5 Å². The van der Waals surface area contributed by atoms with Gasteiger partial charge in [-0.2, -0.15) is 5.10 Å². The molecular formula is C17H31N3. The van der Waals surface area contributed by atoms with Crippen molar-refractivity contribution in [2.75, 3.05) is 6.54 Å². The predicted octanol–water partition coefficient (Wildman–Crippen LogP) is 3.40. The number of hydrogen-bond donors (Lipinski definition) is 1. The molecule has 1 N–H and O–H groups in total. The Morgan fingerprint density at radius 1 is 1.40 bits per heavy atom. The van der Waals surface area contributed by atoms with Crippen molar-refractivity contribution in [3.8, 4) is 0 Å². The van der Waals surface area contributed by atoms with Crippen LogP contribution in [0.5, 0.6) is 0 Å². The summed E-state index contributed by atoms with van der Waals surface area (Å²) in [5, 5.41) is 7.96. The van der Waals surface area contributed by atoms with Crippen molar-refractivity contribution in [3.05, 3.63) is 18.0 Å². The van der Waals surface area contributed by atoms with Gasteiger partial charge >= 0.3 is 0 Å². The van der Waals surface area contributed by atoms with E-state index in [0.29, 0.717) is 11.5 Å². The van der Waals surface area contributed by atoms with Gasteiger partial charge in [0.05, 0.1) is 6.20 Å². The van der Waals surface area contributed by atoms with Gasteiger partial charge in [-0.05, 0) is 55.0 Å². The van der Waals surface area contributed by atoms with Crippen LogP contribution >= 0.6 is 0 Å². The Kier molecular flexibility index (Phi) is 4.90. The number of nitrogens with one attached hydrogen (secondary N) is 1. The molecule has 20 heavy (non-hydrogen) atoms. The van der Waals surface area contributed by atoms with Gasteiger partial charge in [-0.3, -0.25) is 4.68 Å². The van der Waals surface area contributed by atoms with E-state index in [0.717, 1.165) is 11.8 Å². The van der Waals surface area contributed by atoms with E-state index in [1.54, 1.807) is 0 Å². The fraction of sp³-hybridized carbons (Fsp3) is 0.824. The maximum atomic E-state index is 4.32. The monoisotopic (exact) mass is 277 g/mol. The summed E-state index contributed by atoms with van der Waals surface area (Å²) in [6.45, 7) is 10.5. The first kappa shape index (κ1) is 15.6. The van der Waals surface area contributed by atoms with Gasteiger partial charge in [0.1, 0.15) is 0 Å². The third kappa shape index (κ3) is 4.34. The predicted molar refractivity (Wildman–Crippen MR) is 84.7 cm³/mol. The van der Waals surface area contributed by atoms with Crippen LogP contribution in [0.4, 0.5) is 0 Å². The van der Waals surface area contributed by atoms with Gasteiger partial charge in [-0.15, -0.1) is 0 Å². The van der Waals surface area contributed by atoms with E-state index in [-0.39, 0.29) is 0 Å². The first-order valence-electron chi connectivity index (χ1n) is 8.06. The molecule has 3 heteroatoms. The third-order valence-corrected chi connectivity index (χ3v) is 4.72. The molecule has 1 aliphatic rings. The quantitative estimate of drug-likeness (QED) is 0.894. The summed E-state index contributed by atoms with van der Waals surface area (Å²) in [6.07, 6.45) is 9.45. The van der Waals surface area contributed by atoms with Crippen LogP contribution in [0, 0.1) is 17.3 Å². The first-order chi connectivity index (χ1) is 9.35. The lowest BCUT2D eigenvalue weighted by atomic mass is 9.65. The van der Waals surface area contributed by atoms with Gasteiger partial charge in [-0.1, -0.05) is 27.7 Å². The second-order valence-corrected chi connectivity index (χ2v) is 7.72. The molecule has 0 radical (unpaired) electrons. The van der Waals surface area contributed by atoms with E-state index in [1.165, 1.54) is 37.8 Å². The number of hydrogen-bond acceptors (Lipinski definition) is 2. The summed E-state index contributed by atoms with van der Waals surface area (Å²) in [5.41, 5.74) is 1.89. The summed E-state index contributed by atoms with van der Waals surface area (Å²) in [6, 6.07) is 0.587. The van der Waals surface area contributed by atoms with Crippen molar-refractivity contribution in [2.24, 2.45) is 24.3 Å². The molecule has 0 bridgehead atoms. The molecule has 0 aliphatic heterocycles. The van der Waals surface area contributed by atoms with Crippen LogP contribution in [0.3, 0.4) is 0 Å².